The highest BCUT2D eigenvalue weighted by molar-refractivity contribution is 5.86. The van der Waals surface area contributed by atoms with E-state index in [4.69, 9.17) is 0 Å². The normalized spacial score (nSPS) is 37.8. The summed E-state index contributed by atoms with van der Waals surface area (Å²) >= 11 is 0. The van der Waals surface area contributed by atoms with Crippen molar-refractivity contribution in [3.05, 3.63) is 12.2 Å². The van der Waals surface area contributed by atoms with Gasteiger partial charge in [0.1, 0.15) is 0 Å². The predicted octanol–water partition coefficient (Wildman–Crippen LogP) is 0.433. The molecule has 4 atom stereocenters. The van der Waals surface area contributed by atoms with E-state index in [9.17, 15) is 14.7 Å². The van der Waals surface area contributed by atoms with Crippen LogP contribution in [-0.4, -0.2) is 29.9 Å². The molecule has 0 aromatic heterocycles. The van der Waals surface area contributed by atoms with Crippen molar-refractivity contribution in [1.82, 2.24) is 4.90 Å². The van der Waals surface area contributed by atoms with Crippen molar-refractivity contribution in [1.29, 1.82) is 0 Å². The number of fused-ring (bicyclic) bond motifs is 2. The Morgan fingerprint density at radius 1 is 1.11 bits per heavy atom. The first kappa shape index (κ1) is 12.7. The Morgan fingerprint density at radius 2 is 1.68 bits per heavy atom. The van der Waals surface area contributed by atoms with Gasteiger partial charge < -0.3 is 14.8 Å². The molecule has 0 N–H and O–H groups in total. The van der Waals surface area contributed by atoms with Gasteiger partial charge in [0.15, 0.2) is 0 Å². The topological polar surface area (TPSA) is 60.4 Å². The number of rotatable bonds is 2. The Kier molecular flexibility index (Phi) is 3.11. The summed E-state index contributed by atoms with van der Waals surface area (Å²) in [5.74, 6) is -1.22. The van der Waals surface area contributed by atoms with Crippen LogP contribution in [0.15, 0.2) is 12.2 Å². The third-order valence-electron chi connectivity index (χ3n) is 5.11. The fourth-order valence-corrected chi connectivity index (χ4v) is 3.92. The Balaban J connectivity index is 1.75. The second-order valence-electron chi connectivity index (χ2n) is 6.33. The average Bonchev–Trinajstić information content (AvgIpc) is 2.98. The third-order valence-corrected chi connectivity index (χ3v) is 5.11. The minimum absolute atomic E-state index is 0.00710. The third kappa shape index (κ3) is 2.07. The SMILES string of the molecule is CC1CCN(C(=O)[C@@H]2[C@@H](C(=O)[O-])[C@H]3C=C[C@@H]2C3)CC1. The van der Waals surface area contributed by atoms with Crippen LogP contribution in [0.25, 0.3) is 0 Å². The molecule has 2 aliphatic carbocycles. The fourth-order valence-electron chi connectivity index (χ4n) is 3.92. The van der Waals surface area contributed by atoms with Gasteiger partial charge in [0.05, 0.1) is 5.92 Å². The van der Waals surface area contributed by atoms with Crippen molar-refractivity contribution in [3.63, 3.8) is 0 Å². The van der Waals surface area contributed by atoms with Crippen LogP contribution in [0.3, 0.4) is 0 Å². The van der Waals surface area contributed by atoms with E-state index in [1.54, 1.807) is 0 Å². The maximum Gasteiger partial charge on any atom is 0.226 e. The number of carbonyl (C=O) groups is 2. The first-order valence-corrected chi connectivity index (χ1v) is 7.26. The number of hydrogen-bond acceptors (Lipinski definition) is 3. The van der Waals surface area contributed by atoms with Crippen LogP contribution >= 0.6 is 0 Å². The summed E-state index contributed by atoms with van der Waals surface area (Å²) < 4.78 is 0. The van der Waals surface area contributed by atoms with Crippen LogP contribution in [0.4, 0.5) is 0 Å². The molecule has 19 heavy (non-hydrogen) atoms. The van der Waals surface area contributed by atoms with Crippen molar-refractivity contribution in [2.75, 3.05) is 13.1 Å². The number of nitrogens with zero attached hydrogens (tertiary/aromatic N) is 1. The van der Waals surface area contributed by atoms with E-state index in [1.807, 2.05) is 17.1 Å². The van der Waals surface area contributed by atoms with Crippen LogP contribution in [0, 0.1) is 29.6 Å². The highest BCUT2D eigenvalue weighted by Gasteiger charge is 2.49. The molecule has 0 unspecified atom stereocenters. The summed E-state index contributed by atoms with van der Waals surface area (Å²) in [6.45, 7) is 3.75. The van der Waals surface area contributed by atoms with Gasteiger partial charge in [-0.1, -0.05) is 19.1 Å². The smallest absolute Gasteiger partial charge is 0.226 e. The van der Waals surface area contributed by atoms with E-state index in [0.717, 1.165) is 32.4 Å². The largest absolute Gasteiger partial charge is 0.550 e. The van der Waals surface area contributed by atoms with Crippen molar-refractivity contribution in [3.8, 4) is 0 Å². The summed E-state index contributed by atoms with van der Waals surface area (Å²) in [6.07, 6.45) is 6.84. The molecule has 0 spiro atoms. The number of amides is 1. The molecular formula is C15H20NO3-. The molecule has 4 heteroatoms. The molecular weight excluding hydrogens is 242 g/mol. The van der Waals surface area contributed by atoms with E-state index in [0.29, 0.717) is 5.92 Å². The first-order chi connectivity index (χ1) is 9.08. The molecule has 1 aliphatic heterocycles. The van der Waals surface area contributed by atoms with Crippen molar-refractivity contribution in [2.45, 2.75) is 26.2 Å². The van der Waals surface area contributed by atoms with Crippen molar-refractivity contribution >= 4 is 11.9 Å². The Labute approximate surface area is 113 Å². The zero-order chi connectivity index (χ0) is 13.6. The zero-order valence-corrected chi connectivity index (χ0v) is 11.2. The molecule has 2 fully saturated rings. The summed E-state index contributed by atoms with van der Waals surface area (Å²) in [4.78, 5) is 25.8. The van der Waals surface area contributed by atoms with Crippen LogP contribution in [-0.2, 0) is 9.59 Å². The second-order valence-corrected chi connectivity index (χ2v) is 6.33. The van der Waals surface area contributed by atoms with E-state index in [2.05, 4.69) is 6.92 Å². The van der Waals surface area contributed by atoms with Crippen molar-refractivity contribution in [2.24, 2.45) is 29.6 Å². The van der Waals surface area contributed by atoms with Crippen LogP contribution in [0.1, 0.15) is 26.2 Å². The van der Waals surface area contributed by atoms with Crippen LogP contribution < -0.4 is 5.11 Å². The fraction of sp³-hybridized carbons (Fsp3) is 0.733. The van der Waals surface area contributed by atoms with Gasteiger partial charge in [-0.25, -0.2) is 0 Å². The predicted molar refractivity (Wildman–Crippen MR) is 67.7 cm³/mol. The number of carboxylic acid groups (broad SMARTS) is 1. The molecule has 3 aliphatic rings. The summed E-state index contributed by atoms with van der Waals surface area (Å²) in [5, 5.41) is 11.3. The molecule has 0 aromatic rings. The van der Waals surface area contributed by atoms with Gasteiger partial charge in [-0.15, -0.1) is 0 Å². The van der Waals surface area contributed by atoms with Crippen molar-refractivity contribution < 1.29 is 14.7 Å². The molecule has 1 amide bonds. The lowest BCUT2D eigenvalue weighted by molar-refractivity contribution is -0.313. The van der Waals surface area contributed by atoms with Gasteiger partial charge in [-0.2, -0.15) is 0 Å². The Bertz CT molecular complexity index is 423. The Hall–Kier alpha value is -1.32. The number of allylic oxidation sites excluding steroid dienone is 2. The molecule has 0 aromatic carbocycles. The summed E-state index contributed by atoms with van der Waals surface area (Å²) in [5.41, 5.74) is 0. The standard InChI is InChI=1S/C15H21NO3/c1-9-4-6-16(7-5-9)14(17)12-10-2-3-11(8-10)13(12)15(18)19/h2-3,9-13H,4-8H2,1H3,(H,18,19)/p-1/t10-,11+,12+,13+/m1/s1. The van der Waals surface area contributed by atoms with Crippen LogP contribution in [0.2, 0.25) is 0 Å². The van der Waals surface area contributed by atoms with Gasteiger partial charge in [-0.05, 0) is 37.0 Å². The summed E-state index contributed by atoms with van der Waals surface area (Å²) in [6, 6.07) is 0. The maximum atomic E-state index is 12.6. The molecule has 1 heterocycles. The van der Waals surface area contributed by atoms with Crippen LogP contribution in [0.5, 0.6) is 0 Å². The molecule has 1 saturated carbocycles. The lowest BCUT2D eigenvalue weighted by Crippen LogP contribution is -2.48. The molecule has 4 nitrogen and oxygen atoms in total. The number of carboxylic acids is 1. The molecule has 2 bridgehead atoms. The molecule has 104 valence electrons. The monoisotopic (exact) mass is 262 g/mol. The van der Waals surface area contributed by atoms with Gasteiger partial charge in [-0.3, -0.25) is 4.79 Å². The van der Waals surface area contributed by atoms with E-state index in [1.165, 1.54) is 0 Å². The number of hydrogen-bond donors (Lipinski definition) is 0. The maximum absolute atomic E-state index is 12.6. The quantitative estimate of drug-likeness (QED) is 0.678. The number of piperidine rings is 1. The minimum atomic E-state index is -1.06. The number of likely N-dealkylation sites (tertiary alicyclic amines) is 1. The molecule has 0 radical (unpaired) electrons. The average molecular weight is 262 g/mol. The van der Waals surface area contributed by atoms with Gasteiger partial charge >= 0.3 is 0 Å². The highest BCUT2D eigenvalue weighted by Crippen LogP contribution is 2.48. The first-order valence-electron chi connectivity index (χ1n) is 7.26. The number of aliphatic carboxylic acids is 1. The lowest BCUT2D eigenvalue weighted by Gasteiger charge is -2.36. The second kappa shape index (κ2) is 4.66. The van der Waals surface area contributed by atoms with Gasteiger partial charge in [0, 0.05) is 25.0 Å². The highest BCUT2D eigenvalue weighted by atomic mass is 16.4. The van der Waals surface area contributed by atoms with Gasteiger partial charge in [0.2, 0.25) is 5.91 Å². The zero-order valence-electron chi connectivity index (χ0n) is 11.2. The number of carbonyl (C=O) groups excluding carboxylic acids is 2. The van der Waals surface area contributed by atoms with Gasteiger partial charge in [0.25, 0.3) is 0 Å². The van der Waals surface area contributed by atoms with E-state index in [-0.39, 0.29) is 23.7 Å². The molecule has 1 saturated heterocycles. The minimum Gasteiger partial charge on any atom is -0.550 e. The van der Waals surface area contributed by atoms with E-state index < -0.39 is 11.9 Å². The summed E-state index contributed by atoms with van der Waals surface area (Å²) in [7, 11) is 0. The van der Waals surface area contributed by atoms with E-state index >= 15 is 0 Å². The Morgan fingerprint density at radius 3 is 2.26 bits per heavy atom. The molecule has 3 rings (SSSR count). The lowest BCUT2D eigenvalue weighted by atomic mass is 9.81.